The molecule has 1 amide bonds. The lowest BCUT2D eigenvalue weighted by Gasteiger charge is -2.42. The predicted octanol–water partition coefficient (Wildman–Crippen LogP) is 2.05. The second kappa shape index (κ2) is 8.80. The van der Waals surface area contributed by atoms with Crippen LogP contribution in [0.1, 0.15) is 41.6 Å². The Labute approximate surface area is 167 Å². The summed E-state index contributed by atoms with van der Waals surface area (Å²) in [5, 5.41) is 0. The molecular formula is C20H30N2O5S. The first-order chi connectivity index (χ1) is 13.3. The quantitative estimate of drug-likeness (QED) is 0.743. The number of rotatable bonds is 5. The van der Waals surface area contributed by atoms with Crippen LogP contribution in [-0.2, 0) is 14.8 Å². The van der Waals surface area contributed by atoms with E-state index in [1.807, 2.05) is 19.1 Å². The van der Waals surface area contributed by atoms with Crippen molar-refractivity contribution >= 4 is 15.9 Å². The molecule has 28 heavy (non-hydrogen) atoms. The van der Waals surface area contributed by atoms with Crippen LogP contribution < -0.4 is 4.74 Å². The summed E-state index contributed by atoms with van der Waals surface area (Å²) in [6, 6.07) is 5.20. The van der Waals surface area contributed by atoms with Gasteiger partial charge in [-0.25, -0.2) is 8.42 Å². The SMILES string of the molecule is COc1cccc(C(=O)N2CCCC(N(C3CCOCC3)S(C)(=O)=O)C2)c1C. The van der Waals surface area contributed by atoms with Crippen molar-refractivity contribution in [2.45, 2.75) is 44.7 Å². The Balaban J connectivity index is 1.81. The van der Waals surface area contributed by atoms with Gasteiger partial charge < -0.3 is 14.4 Å². The summed E-state index contributed by atoms with van der Waals surface area (Å²) in [5.41, 5.74) is 1.42. The Morgan fingerprint density at radius 3 is 2.57 bits per heavy atom. The molecule has 7 nitrogen and oxygen atoms in total. The molecule has 1 aromatic carbocycles. The monoisotopic (exact) mass is 410 g/mol. The molecule has 0 spiro atoms. The molecule has 156 valence electrons. The van der Waals surface area contributed by atoms with Crippen LogP contribution in [0, 0.1) is 6.92 Å². The third kappa shape index (κ3) is 4.50. The Hall–Kier alpha value is -1.64. The summed E-state index contributed by atoms with van der Waals surface area (Å²) in [4.78, 5) is 15.0. The summed E-state index contributed by atoms with van der Waals surface area (Å²) in [6.07, 6.45) is 4.23. The van der Waals surface area contributed by atoms with Gasteiger partial charge in [0.05, 0.1) is 13.4 Å². The van der Waals surface area contributed by atoms with Gasteiger partial charge in [0.1, 0.15) is 5.75 Å². The van der Waals surface area contributed by atoms with Crippen molar-refractivity contribution in [1.82, 2.24) is 9.21 Å². The lowest BCUT2D eigenvalue weighted by molar-refractivity contribution is 0.0342. The molecule has 1 atom stereocenters. The number of piperidine rings is 1. The zero-order chi connectivity index (χ0) is 20.3. The van der Waals surface area contributed by atoms with Crippen LogP contribution in [0.5, 0.6) is 5.75 Å². The fourth-order valence-electron chi connectivity index (χ4n) is 4.36. The van der Waals surface area contributed by atoms with E-state index >= 15 is 0 Å². The maximum Gasteiger partial charge on any atom is 0.254 e. The lowest BCUT2D eigenvalue weighted by Crippen LogP contribution is -2.55. The maximum atomic E-state index is 13.2. The lowest BCUT2D eigenvalue weighted by atomic mass is 10.00. The first-order valence-corrected chi connectivity index (χ1v) is 11.7. The number of carbonyl (C=O) groups excluding carboxylic acids is 1. The fraction of sp³-hybridized carbons (Fsp3) is 0.650. The van der Waals surface area contributed by atoms with E-state index in [1.165, 1.54) is 6.26 Å². The largest absolute Gasteiger partial charge is 0.496 e. The molecule has 1 aromatic rings. The summed E-state index contributed by atoms with van der Waals surface area (Å²) in [6.45, 7) is 4.08. The summed E-state index contributed by atoms with van der Waals surface area (Å²) in [7, 11) is -1.79. The molecule has 2 aliphatic heterocycles. The highest BCUT2D eigenvalue weighted by Gasteiger charge is 2.38. The number of carbonyl (C=O) groups is 1. The van der Waals surface area contributed by atoms with E-state index in [9.17, 15) is 13.2 Å². The topological polar surface area (TPSA) is 76.2 Å². The normalized spacial score (nSPS) is 21.7. The van der Waals surface area contributed by atoms with Crippen LogP contribution in [0.4, 0.5) is 0 Å². The second-order valence-electron chi connectivity index (χ2n) is 7.62. The number of hydrogen-bond acceptors (Lipinski definition) is 5. The van der Waals surface area contributed by atoms with Crippen molar-refractivity contribution in [2.24, 2.45) is 0 Å². The highest BCUT2D eigenvalue weighted by molar-refractivity contribution is 7.88. The molecule has 2 saturated heterocycles. The van der Waals surface area contributed by atoms with Crippen LogP contribution >= 0.6 is 0 Å². The molecule has 1 unspecified atom stereocenters. The van der Waals surface area contributed by atoms with E-state index in [1.54, 1.807) is 22.4 Å². The number of hydrogen-bond donors (Lipinski definition) is 0. The highest BCUT2D eigenvalue weighted by Crippen LogP contribution is 2.28. The standard InChI is InChI=1S/C20H30N2O5S/c1-15-18(7-4-8-19(15)26-2)20(23)21-11-5-6-17(14-21)22(28(3,24)25)16-9-12-27-13-10-16/h4,7-8,16-17H,5-6,9-14H2,1-3H3. The van der Waals surface area contributed by atoms with E-state index in [0.717, 1.165) is 18.4 Å². The van der Waals surface area contributed by atoms with Gasteiger partial charge in [0.25, 0.3) is 5.91 Å². The number of nitrogens with zero attached hydrogens (tertiary/aromatic N) is 2. The first-order valence-electron chi connectivity index (χ1n) is 9.82. The summed E-state index contributed by atoms with van der Waals surface area (Å²) < 4.78 is 37.5. The summed E-state index contributed by atoms with van der Waals surface area (Å²) >= 11 is 0. The molecule has 3 rings (SSSR count). The van der Waals surface area contributed by atoms with Gasteiger partial charge in [0.2, 0.25) is 10.0 Å². The molecule has 0 aliphatic carbocycles. The van der Waals surface area contributed by atoms with Gasteiger partial charge in [0, 0.05) is 49.5 Å². The Kier molecular flexibility index (Phi) is 6.62. The van der Waals surface area contributed by atoms with Gasteiger partial charge in [-0.05, 0) is 44.7 Å². The fourth-order valence-corrected chi connectivity index (χ4v) is 5.83. The number of amides is 1. The average Bonchev–Trinajstić information content (AvgIpc) is 2.68. The third-order valence-corrected chi connectivity index (χ3v) is 7.07. The van der Waals surface area contributed by atoms with Gasteiger partial charge in [-0.3, -0.25) is 4.79 Å². The van der Waals surface area contributed by atoms with Crippen LogP contribution in [0.2, 0.25) is 0 Å². The number of sulfonamides is 1. The summed E-state index contributed by atoms with van der Waals surface area (Å²) in [5.74, 6) is 0.612. The second-order valence-corrected chi connectivity index (χ2v) is 9.50. The highest BCUT2D eigenvalue weighted by atomic mass is 32.2. The molecule has 2 aliphatic rings. The minimum Gasteiger partial charge on any atom is -0.496 e. The van der Waals surface area contributed by atoms with E-state index in [0.29, 0.717) is 50.5 Å². The zero-order valence-corrected chi connectivity index (χ0v) is 17.7. The van der Waals surface area contributed by atoms with Crippen molar-refractivity contribution in [3.05, 3.63) is 29.3 Å². The average molecular weight is 411 g/mol. The van der Waals surface area contributed by atoms with Crippen molar-refractivity contribution in [1.29, 1.82) is 0 Å². The number of likely N-dealkylation sites (tertiary alicyclic amines) is 1. The Morgan fingerprint density at radius 2 is 1.93 bits per heavy atom. The van der Waals surface area contributed by atoms with Crippen LogP contribution in [0.15, 0.2) is 18.2 Å². The van der Waals surface area contributed by atoms with E-state index in [4.69, 9.17) is 9.47 Å². The predicted molar refractivity (Wildman–Crippen MR) is 107 cm³/mol. The minimum atomic E-state index is -3.38. The van der Waals surface area contributed by atoms with Gasteiger partial charge in [0.15, 0.2) is 0 Å². The molecule has 2 fully saturated rings. The Bertz CT molecular complexity index is 805. The number of benzene rings is 1. The van der Waals surface area contributed by atoms with Gasteiger partial charge >= 0.3 is 0 Å². The van der Waals surface area contributed by atoms with Gasteiger partial charge in [-0.15, -0.1) is 0 Å². The van der Waals surface area contributed by atoms with Crippen molar-refractivity contribution in [2.75, 3.05) is 39.7 Å². The zero-order valence-electron chi connectivity index (χ0n) is 16.9. The molecule has 0 aromatic heterocycles. The maximum absolute atomic E-state index is 13.2. The van der Waals surface area contributed by atoms with Crippen molar-refractivity contribution in [3.63, 3.8) is 0 Å². The first kappa shape index (κ1) is 21.1. The van der Waals surface area contributed by atoms with E-state index < -0.39 is 10.0 Å². The molecular weight excluding hydrogens is 380 g/mol. The Morgan fingerprint density at radius 1 is 1.21 bits per heavy atom. The third-order valence-electron chi connectivity index (χ3n) is 5.71. The van der Waals surface area contributed by atoms with Crippen LogP contribution in [-0.4, -0.2) is 75.3 Å². The smallest absolute Gasteiger partial charge is 0.254 e. The van der Waals surface area contributed by atoms with E-state index in [-0.39, 0.29) is 18.0 Å². The van der Waals surface area contributed by atoms with Gasteiger partial charge in [-0.1, -0.05) is 6.07 Å². The minimum absolute atomic E-state index is 0.0534. The molecule has 8 heteroatoms. The van der Waals surface area contributed by atoms with Gasteiger partial charge in [-0.2, -0.15) is 4.31 Å². The van der Waals surface area contributed by atoms with Crippen LogP contribution in [0.25, 0.3) is 0 Å². The number of ether oxygens (including phenoxy) is 2. The van der Waals surface area contributed by atoms with Crippen molar-refractivity contribution in [3.8, 4) is 5.75 Å². The molecule has 0 bridgehead atoms. The van der Waals surface area contributed by atoms with Crippen LogP contribution in [0.3, 0.4) is 0 Å². The molecule has 2 heterocycles. The molecule has 0 saturated carbocycles. The molecule has 0 radical (unpaired) electrons. The van der Waals surface area contributed by atoms with Crippen molar-refractivity contribution < 1.29 is 22.7 Å². The number of methoxy groups -OCH3 is 1. The van der Waals surface area contributed by atoms with E-state index in [2.05, 4.69) is 0 Å². The molecule has 0 N–H and O–H groups in total.